The fraction of sp³-hybridized carbons (Fsp3) is 0. The predicted octanol–water partition coefficient (Wildman–Crippen LogP) is 0.224. The summed E-state index contributed by atoms with van der Waals surface area (Å²) in [6.07, 6.45) is 4.29. The highest BCUT2D eigenvalue weighted by Crippen LogP contribution is 2.10. The maximum atomic E-state index is 11.7. The van der Waals surface area contributed by atoms with Gasteiger partial charge in [0.15, 0.2) is 11.5 Å². The van der Waals surface area contributed by atoms with Crippen molar-refractivity contribution in [1.82, 2.24) is 25.8 Å². The standard InChI is InChI=1S/C10H9BrN6O2/c11-5-3-6(15-4-5)9(18)16-17-10(19)7-8(12)14-2-1-13-7/h1-4,15H,(H2,12,14)(H,16,18)(H,17,19). The summed E-state index contributed by atoms with van der Waals surface area (Å²) < 4.78 is 0.724. The van der Waals surface area contributed by atoms with Gasteiger partial charge in [-0.25, -0.2) is 9.97 Å². The smallest absolute Gasteiger partial charge is 0.292 e. The molecular formula is C10H9BrN6O2. The molecule has 98 valence electrons. The zero-order valence-corrected chi connectivity index (χ0v) is 11.1. The van der Waals surface area contributed by atoms with E-state index in [4.69, 9.17) is 5.73 Å². The molecule has 2 aromatic rings. The minimum absolute atomic E-state index is 0.0168. The first kappa shape index (κ1) is 13.0. The van der Waals surface area contributed by atoms with Crippen LogP contribution >= 0.6 is 15.9 Å². The van der Waals surface area contributed by atoms with Crippen molar-refractivity contribution in [3.8, 4) is 0 Å². The Morgan fingerprint density at radius 1 is 1.21 bits per heavy atom. The normalized spacial score (nSPS) is 9.95. The van der Waals surface area contributed by atoms with Gasteiger partial charge in [0.05, 0.1) is 0 Å². The summed E-state index contributed by atoms with van der Waals surface area (Å²) in [5.74, 6) is -1.16. The van der Waals surface area contributed by atoms with E-state index in [2.05, 4.69) is 41.7 Å². The molecule has 0 fully saturated rings. The van der Waals surface area contributed by atoms with Gasteiger partial charge in [0.2, 0.25) is 0 Å². The quantitative estimate of drug-likeness (QED) is 0.588. The second-order valence-corrected chi connectivity index (χ2v) is 4.35. The van der Waals surface area contributed by atoms with Crippen molar-refractivity contribution in [3.63, 3.8) is 0 Å². The SMILES string of the molecule is Nc1nccnc1C(=O)NNC(=O)c1cc(Br)c[nH]1. The molecule has 0 saturated heterocycles. The lowest BCUT2D eigenvalue weighted by Gasteiger charge is -2.06. The van der Waals surface area contributed by atoms with E-state index in [1.54, 1.807) is 12.3 Å². The molecule has 19 heavy (non-hydrogen) atoms. The number of hydrazine groups is 1. The average molecular weight is 325 g/mol. The molecule has 0 aliphatic heterocycles. The summed E-state index contributed by atoms with van der Waals surface area (Å²) in [5.41, 5.74) is 10.1. The summed E-state index contributed by atoms with van der Waals surface area (Å²) in [7, 11) is 0. The monoisotopic (exact) mass is 324 g/mol. The number of rotatable bonds is 2. The second kappa shape index (κ2) is 5.48. The van der Waals surface area contributed by atoms with E-state index < -0.39 is 11.8 Å². The molecule has 8 nitrogen and oxygen atoms in total. The highest BCUT2D eigenvalue weighted by molar-refractivity contribution is 9.10. The first-order valence-corrected chi connectivity index (χ1v) is 5.88. The number of nitrogens with one attached hydrogen (secondary N) is 3. The molecule has 0 saturated carbocycles. The molecule has 5 N–H and O–H groups in total. The molecule has 9 heteroatoms. The molecule has 0 atom stereocenters. The lowest BCUT2D eigenvalue weighted by Crippen LogP contribution is -2.42. The van der Waals surface area contributed by atoms with Crippen LogP contribution in [0.3, 0.4) is 0 Å². The molecule has 2 amide bonds. The summed E-state index contributed by atoms with van der Waals surface area (Å²) >= 11 is 3.19. The summed E-state index contributed by atoms with van der Waals surface area (Å²) in [5, 5.41) is 0. The predicted molar refractivity (Wildman–Crippen MR) is 69.9 cm³/mol. The summed E-state index contributed by atoms with van der Waals surface area (Å²) in [6, 6.07) is 1.57. The topological polar surface area (TPSA) is 126 Å². The van der Waals surface area contributed by atoms with Crippen LogP contribution in [0.1, 0.15) is 21.0 Å². The summed E-state index contributed by atoms with van der Waals surface area (Å²) in [4.78, 5) is 33.5. The number of nitrogens with two attached hydrogens (primary N) is 1. The van der Waals surface area contributed by atoms with E-state index in [0.717, 1.165) is 4.47 Å². The molecule has 0 spiro atoms. The Bertz CT molecular complexity index is 626. The maximum Gasteiger partial charge on any atom is 0.292 e. The second-order valence-electron chi connectivity index (χ2n) is 3.43. The Morgan fingerprint density at radius 3 is 2.53 bits per heavy atom. The van der Waals surface area contributed by atoms with Gasteiger partial charge in [-0.05, 0) is 22.0 Å². The van der Waals surface area contributed by atoms with E-state index in [-0.39, 0.29) is 11.5 Å². The number of halogens is 1. The van der Waals surface area contributed by atoms with Crippen LogP contribution in [0, 0.1) is 0 Å². The number of H-pyrrole nitrogens is 1. The van der Waals surface area contributed by atoms with Crippen molar-refractivity contribution in [1.29, 1.82) is 0 Å². The third-order valence-electron chi connectivity index (χ3n) is 2.12. The van der Waals surface area contributed by atoms with Crippen LogP contribution in [0.5, 0.6) is 0 Å². The van der Waals surface area contributed by atoms with Gasteiger partial charge in [-0.3, -0.25) is 20.4 Å². The van der Waals surface area contributed by atoms with Crippen LogP contribution in [0.4, 0.5) is 5.82 Å². The number of anilines is 1. The van der Waals surface area contributed by atoms with Crippen LogP contribution in [-0.4, -0.2) is 26.8 Å². The van der Waals surface area contributed by atoms with E-state index >= 15 is 0 Å². The number of hydrogen-bond acceptors (Lipinski definition) is 5. The molecule has 0 bridgehead atoms. The Labute approximate surface area is 115 Å². The lowest BCUT2D eigenvalue weighted by molar-refractivity contribution is 0.0842. The Morgan fingerprint density at radius 2 is 1.89 bits per heavy atom. The van der Waals surface area contributed by atoms with Crippen LogP contribution in [-0.2, 0) is 0 Å². The maximum absolute atomic E-state index is 11.7. The van der Waals surface area contributed by atoms with Crippen molar-refractivity contribution < 1.29 is 9.59 Å². The van der Waals surface area contributed by atoms with Gasteiger partial charge in [-0.1, -0.05) is 0 Å². The van der Waals surface area contributed by atoms with Gasteiger partial charge in [0.25, 0.3) is 11.8 Å². The van der Waals surface area contributed by atoms with E-state index in [1.807, 2.05) is 0 Å². The molecule has 0 aliphatic carbocycles. The van der Waals surface area contributed by atoms with Crippen molar-refractivity contribution >= 4 is 33.6 Å². The Kier molecular flexibility index (Phi) is 3.76. The van der Waals surface area contributed by atoms with Crippen molar-refractivity contribution in [2.24, 2.45) is 0 Å². The van der Waals surface area contributed by atoms with Crippen molar-refractivity contribution in [3.05, 3.63) is 40.5 Å². The number of amides is 2. The van der Waals surface area contributed by atoms with Crippen molar-refractivity contribution in [2.45, 2.75) is 0 Å². The fourth-order valence-corrected chi connectivity index (χ4v) is 1.61. The third kappa shape index (κ3) is 3.07. The number of carbonyl (C=O) groups excluding carboxylic acids is 2. The first-order chi connectivity index (χ1) is 9.08. The van der Waals surface area contributed by atoms with Gasteiger partial charge in [-0.15, -0.1) is 0 Å². The number of aromatic nitrogens is 3. The zero-order valence-electron chi connectivity index (χ0n) is 9.48. The highest BCUT2D eigenvalue weighted by Gasteiger charge is 2.14. The van der Waals surface area contributed by atoms with Crippen LogP contribution in [0.25, 0.3) is 0 Å². The van der Waals surface area contributed by atoms with Crippen LogP contribution in [0.2, 0.25) is 0 Å². The average Bonchev–Trinajstić information content (AvgIpc) is 2.83. The number of hydrogen-bond donors (Lipinski definition) is 4. The molecule has 2 heterocycles. The molecule has 2 aromatic heterocycles. The molecule has 0 aliphatic rings. The van der Waals surface area contributed by atoms with Gasteiger partial charge in [0.1, 0.15) is 5.69 Å². The van der Waals surface area contributed by atoms with Crippen LogP contribution < -0.4 is 16.6 Å². The molecule has 0 aromatic carbocycles. The van der Waals surface area contributed by atoms with E-state index in [9.17, 15) is 9.59 Å². The number of aromatic amines is 1. The zero-order chi connectivity index (χ0) is 13.8. The molecule has 0 unspecified atom stereocenters. The van der Waals surface area contributed by atoms with E-state index in [1.165, 1.54) is 12.4 Å². The van der Waals surface area contributed by atoms with Gasteiger partial charge in [0, 0.05) is 23.1 Å². The molecule has 0 radical (unpaired) electrons. The van der Waals surface area contributed by atoms with E-state index in [0.29, 0.717) is 5.69 Å². The number of carbonyl (C=O) groups is 2. The minimum atomic E-state index is -0.649. The number of nitrogens with zero attached hydrogens (tertiary/aromatic N) is 2. The summed E-state index contributed by atoms with van der Waals surface area (Å²) in [6.45, 7) is 0. The highest BCUT2D eigenvalue weighted by atomic mass is 79.9. The third-order valence-corrected chi connectivity index (χ3v) is 2.58. The molecular weight excluding hydrogens is 316 g/mol. The van der Waals surface area contributed by atoms with Gasteiger partial charge >= 0.3 is 0 Å². The largest absolute Gasteiger partial charge is 0.382 e. The fourth-order valence-electron chi connectivity index (χ4n) is 1.26. The lowest BCUT2D eigenvalue weighted by atomic mass is 10.4. The first-order valence-electron chi connectivity index (χ1n) is 5.09. The molecule has 2 rings (SSSR count). The van der Waals surface area contributed by atoms with Gasteiger partial charge < -0.3 is 10.7 Å². The number of nitrogen functional groups attached to an aromatic ring is 1. The van der Waals surface area contributed by atoms with Gasteiger partial charge in [-0.2, -0.15) is 0 Å². The Hall–Kier alpha value is -2.42. The Balaban J connectivity index is 1.98. The van der Waals surface area contributed by atoms with Crippen LogP contribution in [0.15, 0.2) is 29.1 Å². The minimum Gasteiger partial charge on any atom is -0.382 e. The van der Waals surface area contributed by atoms with Crippen molar-refractivity contribution in [2.75, 3.05) is 5.73 Å².